The van der Waals surface area contributed by atoms with Gasteiger partial charge < -0.3 is 10.6 Å². The largest absolute Gasteiger partial charge is 0.370 e. The van der Waals surface area contributed by atoms with Crippen LogP contribution in [0.3, 0.4) is 0 Å². The van der Waals surface area contributed by atoms with Crippen LogP contribution in [0.2, 0.25) is 0 Å². The van der Waals surface area contributed by atoms with Gasteiger partial charge in [0.05, 0.1) is 0 Å². The fourth-order valence-corrected chi connectivity index (χ4v) is 2.66. The maximum absolute atomic E-state index is 4.46. The van der Waals surface area contributed by atoms with Crippen LogP contribution in [0.15, 0.2) is 6.33 Å². The number of hydrogen-bond donors (Lipinski definition) is 2. The standard InChI is InChI=1S/C15H26N4/c1-5-7-11-8-12(11)19-15-13(10(3)4)14(16-6-2)17-9-18-15/h9-12H,5-8H2,1-4H3,(H2,16,17,18,19). The van der Waals surface area contributed by atoms with Crippen LogP contribution >= 0.6 is 0 Å². The summed E-state index contributed by atoms with van der Waals surface area (Å²) in [6.07, 6.45) is 5.53. The first-order valence-electron chi connectivity index (χ1n) is 7.52. The molecule has 2 unspecified atom stereocenters. The molecule has 4 heteroatoms. The van der Waals surface area contributed by atoms with Crippen molar-refractivity contribution in [2.24, 2.45) is 5.92 Å². The quantitative estimate of drug-likeness (QED) is 0.788. The predicted octanol–water partition coefficient (Wildman–Crippen LogP) is 3.63. The van der Waals surface area contributed by atoms with Gasteiger partial charge in [0.2, 0.25) is 0 Å². The molecule has 19 heavy (non-hydrogen) atoms. The SMILES string of the molecule is CCCC1CC1Nc1ncnc(NCC)c1C(C)C. The molecule has 1 aliphatic carbocycles. The minimum Gasteiger partial charge on any atom is -0.370 e. The second-order valence-electron chi connectivity index (χ2n) is 5.70. The number of nitrogens with one attached hydrogen (secondary N) is 2. The average Bonchev–Trinajstić information content (AvgIpc) is 3.08. The van der Waals surface area contributed by atoms with Crippen LogP contribution in [0.5, 0.6) is 0 Å². The highest BCUT2D eigenvalue weighted by Gasteiger charge is 2.36. The summed E-state index contributed by atoms with van der Waals surface area (Å²) in [4.78, 5) is 8.83. The molecule has 0 radical (unpaired) electrons. The molecule has 0 amide bonds. The first-order valence-corrected chi connectivity index (χ1v) is 7.52. The Morgan fingerprint density at radius 1 is 1.26 bits per heavy atom. The first kappa shape index (κ1) is 14.1. The van der Waals surface area contributed by atoms with Crippen molar-refractivity contribution in [3.8, 4) is 0 Å². The number of rotatable bonds is 7. The van der Waals surface area contributed by atoms with Crippen molar-refractivity contribution in [2.75, 3.05) is 17.2 Å². The molecule has 0 aliphatic heterocycles. The van der Waals surface area contributed by atoms with E-state index in [-0.39, 0.29) is 0 Å². The molecular weight excluding hydrogens is 236 g/mol. The first-order chi connectivity index (χ1) is 9.17. The van der Waals surface area contributed by atoms with Crippen LogP contribution in [0.1, 0.15) is 58.4 Å². The van der Waals surface area contributed by atoms with E-state index in [0.29, 0.717) is 12.0 Å². The Hall–Kier alpha value is -1.32. The van der Waals surface area contributed by atoms with E-state index in [9.17, 15) is 0 Å². The summed E-state index contributed by atoms with van der Waals surface area (Å²) >= 11 is 0. The summed E-state index contributed by atoms with van der Waals surface area (Å²) in [5.74, 6) is 3.25. The Balaban J connectivity index is 2.13. The molecule has 2 N–H and O–H groups in total. The van der Waals surface area contributed by atoms with E-state index in [0.717, 1.165) is 24.1 Å². The smallest absolute Gasteiger partial charge is 0.135 e. The minimum absolute atomic E-state index is 0.418. The number of aromatic nitrogens is 2. The molecule has 1 fully saturated rings. The van der Waals surface area contributed by atoms with E-state index < -0.39 is 0 Å². The molecule has 4 nitrogen and oxygen atoms in total. The maximum atomic E-state index is 4.46. The second kappa shape index (κ2) is 6.22. The maximum Gasteiger partial charge on any atom is 0.135 e. The lowest BCUT2D eigenvalue weighted by atomic mass is 10.0. The van der Waals surface area contributed by atoms with Gasteiger partial charge in [-0.15, -0.1) is 0 Å². The minimum atomic E-state index is 0.418. The average molecular weight is 262 g/mol. The van der Waals surface area contributed by atoms with Crippen LogP contribution in [-0.4, -0.2) is 22.6 Å². The highest BCUT2D eigenvalue weighted by atomic mass is 15.1. The van der Waals surface area contributed by atoms with Gasteiger partial charge in [-0.3, -0.25) is 0 Å². The molecule has 2 rings (SSSR count). The summed E-state index contributed by atoms with van der Waals surface area (Å²) in [5.41, 5.74) is 1.21. The van der Waals surface area contributed by atoms with E-state index >= 15 is 0 Å². The van der Waals surface area contributed by atoms with E-state index in [4.69, 9.17) is 0 Å². The van der Waals surface area contributed by atoms with E-state index in [1.165, 1.54) is 24.8 Å². The highest BCUT2D eigenvalue weighted by Crippen LogP contribution is 2.39. The van der Waals surface area contributed by atoms with E-state index in [2.05, 4.69) is 48.3 Å². The summed E-state index contributed by atoms with van der Waals surface area (Å²) in [5, 5.41) is 6.95. The molecule has 1 saturated carbocycles. The van der Waals surface area contributed by atoms with Crippen molar-refractivity contribution in [2.45, 2.75) is 58.9 Å². The van der Waals surface area contributed by atoms with E-state index in [1.807, 2.05) is 0 Å². The number of anilines is 2. The van der Waals surface area contributed by atoms with Crippen LogP contribution in [0.25, 0.3) is 0 Å². The van der Waals surface area contributed by atoms with Crippen LogP contribution in [-0.2, 0) is 0 Å². The summed E-state index contributed by atoms with van der Waals surface area (Å²) < 4.78 is 0. The van der Waals surface area contributed by atoms with Gasteiger partial charge >= 0.3 is 0 Å². The van der Waals surface area contributed by atoms with Crippen LogP contribution < -0.4 is 10.6 Å². The lowest BCUT2D eigenvalue weighted by molar-refractivity contribution is 0.691. The fraction of sp³-hybridized carbons (Fsp3) is 0.733. The highest BCUT2D eigenvalue weighted by molar-refractivity contribution is 5.59. The third-order valence-corrected chi connectivity index (χ3v) is 3.71. The normalized spacial score (nSPS) is 21.5. The van der Waals surface area contributed by atoms with Gasteiger partial charge in [-0.05, 0) is 31.6 Å². The van der Waals surface area contributed by atoms with Crippen molar-refractivity contribution < 1.29 is 0 Å². The lowest BCUT2D eigenvalue weighted by Crippen LogP contribution is -2.13. The molecule has 2 atom stereocenters. The monoisotopic (exact) mass is 262 g/mol. The molecule has 0 spiro atoms. The molecule has 0 aromatic carbocycles. The molecule has 0 bridgehead atoms. The second-order valence-corrected chi connectivity index (χ2v) is 5.70. The predicted molar refractivity (Wildman–Crippen MR) is 80.7 cm³/mol. The van der Waals surface area contributed by atoms with Crippen molar-refractivity contribution >= 4 is 11.6 Å². The van der Waals surface area contributed by atoms with Crippen molar-refractivity contribution in [1.29, 1.82) is 0 Å². The van der Waals surface area contributed by atoms with Crippen molar-refractivity contribution in [3.05, 3.63) is 11.9 Å². The van der Waals surface area contributed by atoms with Crippen molar-refractivity contribution in [3.63, 3.8) is 0 Å². The lowest BCUT2D eigenvalue weighted by Gasteiger charge is -2.17. The zero-order valence-corrected chi connectivity index (χ0v) is 12.5. The molecule has 1 aromatic rings. The number of hydrogen-bond acceptors (Lipinski definition) is 4. The van der Waals surface area contributed by atoms with Crippen molar-refractivity contribution in [1.82, 2.24) is 9.97 Å². The molecular formula is C15H26N4. The molecule has 1 aliphatic rings. The molecule has 1 aromatic heterocycles. The molecule has 106 valence electrons. The van der Waals surface area contributed by atoms with E-state index in [1.54, 1.807) is 6.33 Å². The van der Waals surface area contributed by atoms with Crippen LogP contribution in [0, 0.1) is 5.92 Å². The third-order valence-electron chi connectivity index (χ3n) is 3.71. The summed E-state index contributed by atoms with van der Waals surface area (Å²) in [7, 11) is 0. The van der Waals surface area contributed by atoms with Gasteiger partial charge in [0.1, 0.15) is 18.0 Å². The Morgan fingerprint density at radius 3 is 2.63 bits per heavy atom. The van der Waals surface area contributed by atoms with Gasteiger partial charge in [0.15, 0.2) is 0 Å². The summed E-state index contributed by atoms with van der Waals surface area (Å²) in [6, 6.07) is 0.613. The Labute approximate surface area is 116 Å². The van der Waals surface area contributed by atoms with Gasteiger partial charge in [0.25, 0.3) is 0 Å². The number of nitrogens with zero attached hydrogens (tertiary/aromatic N) is 2. The Kier molecular flexibility index (Phi) is 4.61. The van der Waals surface area contributed by atoms with Gasteiger partial charge in [-0.25, -0.2) is 9.97 Å². The Morgan fingerprint density at radius 2 is 2.00 bits per heavy atom. The molecule has 1 heterocycles. The Bertz CT molecular complexity index is 417. The zero-order valence-electron chi connectivity index (χ0n) is 12.5. The fourth-order valence-electron chi connectivity index (χ4n) is 2.66. The topological polar surface area (TPSA) is 49.8 Å². The van der Waals surface area contributed by atoms with Crippen LogP contribution in [0.4, 0.5) is 11.6 Å². The van der Waals surface area contributed by atoms with Gasteiger partial charge in [-0.2, -0.15) is 0 Å². The summed E-state index contributed by atoms with van der Waals surface area (Å²) in [6.45, 7) is 9.63. The molecule has 0 saturated heterocycles. The third kappa shape index (κ3) is 3.37. The van der Waals surface area contributed by atoms with Gasteiger partial charge in [-0.1, -0.05) is 27.2 Å². The zero-order chi connectivity index (χ0) is 13.8. The van der Waals surface area contributed by atoms with Gasteiger partial charge in [0, 0.05) is 18.2 Å².